The van der Waals surface area contributed by atoms with Crippen LogP contribution in [0.15, 0.2) is 59.1 Å². The number of nitrogens with one attached hydrogen (secondary N) is 2. The van der Waals surface area contributed by atoms with Gasteiger partial charge < -0.3 is 10.2 Å². The average molecular weight is 500 g/mol. The van der Waals surface area contributed by atoms with Crippen LogP contribution in [0.4, 0.5) is 10.5 Å². The third kappa shape index (κ3) is 4.41. The molecule has 0 aromatic heterocycles. The molecule has 2 aliphatic heterocycles. The van der Waals surface area contributed by atoms with Crippen molar-refractivity contribution in [3.05, 3.63) is 64.6 Å². The Morgan fingerprint density at radius 2 is 1.88 bits per heavy atom. The van der Waals surface area contributed by atoms with Gasteiger partial charge in [-0.2, -0.15) is 0 Å². The first-order chi connectivity index (χ1) is 15.4. The number of benzene rings is 2. The van der Waals surface area contributed by atoms with Crippen molar-refractivity contribution in [3.8, 4) is 0 Å². The topological polar surface area (TPSA) is 85.0 Å². The first kappa shape index (κ1) is 22.4. The first-order valence-corrected chi connectivity index (χ1v) is 11.4. The van der Waals surface area contributed by atoms with Crippen molar-refractivity contribution in [1.29, 1.82) is 0 Å². The maximum atomic E-state index is 13.5. The van der Waals surface area contributed by atoms with Gasteiger partial charge in [-0.1, -0.05) is 59.3 Å². The minimum atomic E-state index is -0.546. The standard InChI is InChI=1S/C23H26BrN5O3/c1-3-29-21-20(15(2)26-29)27(14-19(30)25-18-11-7-10-17(24)12-18)23(32)28(22(21)31)13-16-8-5-4-6-9-16/h4-12,15,20-21,26H,3,13-14H2,1-2H3,(H,25,30). The van der Waals surface area contributed by atoms with Crippen LogP contribution >= 0.6 is 15.9 Å². The number of amides is 4. The highest BCUT2D eigenvalue weighted by atomic mass is 79.9. The smallest absolute Gasteiger partial charge is 0.325 e. The lowest BCUT2D eigenvalue weighted by Crippen LogP contribution is -2.67. The maximum Gasteiger partial charge on any atom is 0.327 e. The van der Waals surface area contributed by atoms with Gasteiger partial charge in [0, 0.05) is 22.7 Å². The Balaban J connectivity index is 1.60. The fraction of sp³-hybridized carbons (Fsp3) is 0.348. The number of likely N-dealkylation sites (N-methyl/N-ethyl adjacent to an activating group) is 1. The summed E-state index contributed by atoms with van der Waals surface area (Å²) in [4.78, 5) is 42.5. The highest BCUT2D eigenvalue weighted by Gasteiger charge is 2.54. The minimum Gasteiger partial charge on any atom is -0.325 e. The third-order valence-corrected chi connectivity index (χ3v) is 6.34. The second kappa shape index (κ2) is 9.40. The van der Waals surface area contributed by atoms with Gasteiger partial charge in [0.25, 0.3) is 5.91 Å². The van der Waals surface area contributed by atoms with E-state index >= 15 is 0 Å². The number of hydrogen-bond acceptors (Lipinski definition) is 5. The Morgan fingerprint density at radius 1 is 1.12 bits per heavy atom. The van der Waals surface area contributed by atoms with Crippen LogP contribution in [0, 0.1) is 0 Å². The summed E-state index contributed by atoms with van der Waals surface area (Å²) in [5, 5.41) is 4.71. The summed E-state index contributed by atoms with van der Waals surface area (Å²) in [7, 11) is 0. The number of anilines is 1. The van der Waals surface area contributed by atoms with Gasteiger partial charge in [0.05, 0.1) is 12.6 Å². The Labute approximate surface area is 195 Å². The van der Waals surface area contributed by atoms with Crippen molar-refractivity contribution in [3.63, 3.8) is 0 Å². The molecule has 9 heteroatoms. The van der Waals surface area contributed by atoms with Crippen molar-refractivity contribution in [1.82, 2.24) is 20.2 Å². The van der Waals surface area contributed by atoms with Crippen LogP contribution in [0.1, 0.15) is 19.4 Å². The fourth-order valence-corrected chi connectivity index (χ4v) is 4.83. The molecule has 3 unspecified atom stereocenters. The van der Waals surface area contributed by atoms with Gasteiger partial charge in [-0.05, 0) is 30.7 Å². The van der Waals surface area contributed by atoms with E-state index in [2.05, 4.69) is 26.7 Å². The van der Waals surface area contributed by atoms with Gasteiger partial charge in [-0.15, -0.1) is 0 Å². The molecule has 2 saturated heterocycles. The van der Waals surface area contributed by atoms with E-state index in [4.69, 9.17) is 0 Å². The number of hydrazine groups is 1. The number of halogens is 1. The number of carbonyl (C=O) groups is 3. The lowest BCUT2D eigenvalue weighted by atomic mass is 9.97. The highest BCUT2D eigenvalue weighted by Crippen LogP contribution is 2.29. The zero-order valence-electron chi connectivity index (χ0n) is 18.0. The molecule has 2 fully saturated rings. The monoisotopic (exact) mass is 499 g/mol. The second-order valence-corrected chi connectivity index (χ2v) is 8.93. The zero-order chi connectivity index (χ0) is 22.8. The van der Waals surface area contributed by atoms with E-state index in [9.17, 15) is 14.4 Å². The van der Waals surface area contributed by atoms with E-state index in [0.29, 0.717) is 12.2 Å². The first-order valence-electron chi connectivity index (χ1n) is 10.6. The maximum absolute atomic E-state index is 13.5. The Kier molecular flexibility index (Phi) is 6.59. The normalized spacial score (nSPS) is 23.4. The van der Waals surface area contributed by atoms with E-state index in [1.807, 2.05) is 61.3 Å². The molecule has 2 aromatic rings. The van der Waals surface area contributed by atoms with Crippen molar-refractivity contribution in [2.24, 2.45) is 0 Å². The van der Waals surface area contributed by atoms with Crippen LogP contribution in [-0.2, 0) is 16.1 Å². The summed E-state index contributed by atoms with van der Waals surface area (Å²) in [5.74, 6) is -0.558. The van der Waals surface area contributed by atoms with E-state index < -0.39 is 18.1 Å². The molecule has 0 radical (unpaired) electrons. The molecule has 0 spiro atoms. The molecule has 8 nitrogen and oxygen atoms in total. The molecule has 0 bridgehead atoms. The van der Waals surface area contributed by atoms with Crippen molar-refractivity contribution < 1.29 is 14.4 Å². The molecular formula is C23H26BrN5O3. The number of carbonyl (C=O) groups excluding carboxylic acids is 3. The van der Waals surface area contributed by atoms with E-state index in [0.717, 1.165) is 10.0 Å². The quantitative estimate of drug-likeness (QED) is 0.638. The summed E-state index contributed by atoms with van der Waals surface area (Å²) < 4.78 is 0.844. The summed E-state index contributed by atoms with van der Waals surface area (Å²) in [6.45, 7) is 4.51. The summed E-state index contributed by atoms with van der Waals surface area (Å²) in [5.41, 5.74) is 4.78. The molecule has 3 atom stereocenters. The molecule has 32 heavy (non-hydrogen) atoms. The zero-order valence-corrected chi connectivity index (χ0v) is 19.6. The van der Waals surface area contributed by atoms with E-state index in [-0.39, 0.29) is 30.9 Å². The number of rotatable bonds is 6. The molecule has 0 aliphatic carbocycles. The SMILES string of the molecule is CCN1NC(C)C2C1C(=O)N(Cc1ccccc1)C(=O)N2CC(=O)Nc1cccc(Br)c1. The number of imide groups is 1. The van der Waals surface area contributed by atoms with Gasteiger partial charge >= 0.3 is 6.03 Å². The van der Waals surface area contributed by atoms with E-state index in [1.165, 1.54) is 9.80 Å². The van der Waals surface area contributed by atoms with Crippen molar-refractivity contribution in [2.45, 2.75) is 38.5 Å². The van der Waals surface area contributed by atoms with Crippen molar-refractivity contribution in [2.75, 3.05) is 18.4 Å². The third-order valence-electron chi connectivity index (χ3n) is 5.84. The van der Waals surface area contributed by atoms with Crippen LogP contribution in [0.3, 0.4) is 0 Å². The minimum absolute atomic E-state index is 0.144. The van der Waals surface area contributed by atoms with E-state index in [1.54, 1.807) is 12.1 Å². The fourth-order valence-electron chi connectivity index (χ4n) is 4.43. The average Bonchev–Trinajstić information content (AvgIpc) is 3.11. The van der Waals surface area contributed by atoms with Crippen LogP contribution in [0.2, 0.25) is 0 Å². The summed E-state index contributed by atoms with van der Waals surface area (Å²) >= 11 is 3.39. The molecular weight excluding hydrogens is 474 g/mol. The number of nitrogens with zero attached hydrogens (tertiary/aromatic N) is 3. The van der Waals surface area contributed by atoms with Crippen LogP contribution in [-0.4, -0.2) is 63.9 Å². The largest absolute Gasteiger partial charge is 0.327 e. The van der Waals surface area contributed by atoms with Crippen molar-refractivity contribution >= 4 is 39.5 Å². The lowest BCUT2D eigenvalue weighted by molar-refractivity contribution is -0.140. The lowest BCUT2D eigenvalue weighted by Gasteiger charge is -2.43. The molecule has 4 rings (SSSR count). The number of urea groups is 1. The highest BCUT2D eigenvalue weighted by molar-refractivity contribution is 9.10. The summed E-state index contributed by atoms with van der Waals surface area (Å²) in [6.07, 6.45) is 0. The molecule has 4 amide bonds. The van der Waals surface area contributed by atoms with Gasteiger partial charge in [0.15, 0.2) is 0 Å². The summed E-state index contributed by atoms with van der Waals surface area (Å²) in [6, 6.07) is 15.1. The van der Waals surface area contributed by atoms with Gasteiger partial charge in [-0.3, -0.25) is 14.5 Å². The van der Waals surface area contributed by atoms with Crippen LogP contribution in [0.5, 0.6) is 0 Å². The van der Waals surface area contributed by atoms with Gasteiger partial charge in [0.1, 0.15) is 12.6 Å². The molecule has 2 aliphatic rings. The Bertz CT molecular complexity index is 1020. The molecule has 0 saturated carbocycles. The van der Waals surface area contributed by atoms with Crippen LogP contribution in [0.25, 0.3) is 0 Å². The van der Waals surface area contributed by atoms with Gasteiger partial charge in [0.2, 0.25) is 5.91 Å². The predicted molar refractivity (Wildman–Crippen MR) is 124 cm³/mol. The van der Waals surface area contributed by atoms with Gasteiger partial charge in [-0.25, -0.2) is 15.2 Å². The molecule has 2 N–H and O–H groups in total. The number of fused-ring (bicyclic) bond motifs is 1. The van der Waals surface area contributed by atoms with Crippen LogP contribution < -0.4 is 10.7 Å². The molecule has 2 aromatic carbocycles. The predicted octanol–water partition coefficient (Wildman–Crippen LogP) is 2.82. The molecule has 168 valence electrons. The number of hydrogen-bond donors (Lipinski definition) is 2. The second-order valence-electron chi connectivity index (χ2n) is 8.02. The molecule has 2 heterocycles. The Morgan fingerprint density at radius 3 is 2.56 bits per heavy atom. The Hall–Kier alpha value is -2.75.